The van der Waals surface area contributed by atoms with Crippen molar-refractivity contribution in [3.05, 3.63) is 47.3 Å². The van der Waals surface area contributed by atoms with Gasteiger partial charge in [-0.25, -0.2) is 8.42 Å². The average Bonchev–Trinajstić information content (AvgIpc) is 3.24. The van der Waals surface area contributed by atoms with Gasteiger partial charge in [0.25, 0.3) is 10.0 Å². The van der Waals surface area contributed by atoms with Crippen molar-refractivity contribution in [3.63, 3.8) is 0 Å². The molecule has 1 aliphatic heterocycles. The Morgan fingerprint density at radius 2 is 1.81 bits per heavy atom. The first-order valence-electron chi connectivity index (χ1n) is 9.45. The lowest BCUT2D eigenvalue weighted by Crippen LogP contribution is -2.53. The molecule has 1 aromatic heterocycles. The van der Waals surface area contributed by atoms with E-state index in [4.69, 9.17) is 0 Å². The summed E-state index contributed by atoms with van der Waals surface area (Å²) >= 11 is 1.08. The van der Waals surface area contributed by atoms with E-state index < -0.39 is 22.4 Å². The van der Waals surface area contributed by atoms with Gasteiger partial charge in [0.05, 0.1) is 6.04 Å². The Kier molecular flexibility index (Phi) is 7.24. The van der Waals surface area contributed by atoms with Crippen LogP contribution in [0, 0.1) is 0 Å². The molecule has 0 saturated carbocycles. The Morgan fingerprint density at radius 3 is 2.35 bits per heavy atom. The maximum Gasteiger partial charge on any atom is 0.573 e. The summed E-state index contributed by atoms with van der Waals surface area (Å²) in [5.41, 5.74) is 0.825. The van der Waals surface area contributed by atoms with Crippen LogP contribution in [-0.4, -0.2) is 62.7 Å². The number of rotatable bonds is 7. The summed E-state index contributed by atoms with van der Waals surface area (Å²) in [7, 11) is -3.74. The number of carbonyl (C=O) groups excluding carboxylic acids is 1. The number of ether oxygens (including phenoxy) is 1. The predicted molar refractivity (Wildman–Crippen MR) is 109 cm³/mol. The minimum absolute atomic E-state index is 0.156. The molecule has 2 heterocycles. The Hall–Kier alpha value is -2.15. The SMILES string of the molecule is CC(NS(=O)(=O)c1cccs1)C(=O)N1CCN(Cc2ccc(OC(F)(F)F)cc2)CC1. The third-order valence-electron chi connectivity index (χ3n) is 4.71. The zero-order valence-corrected chi connectivity index (χ0v) is 18.3. The van der Waals surface area contributed by atoms with Crippen molar-refractivity contribution in [2.75, 3.05) is 26.2 Å². The highest BCUT2D eigenvalue weighted by molar-refractivity contribution is 7.91. The Labute approximate surface area is 182 Å². The summed E-state index contributed by atoms with van der Waals surface area (Å²) in [6.45, 7) is 4.03. The van der Waals surface area contributed by atoms with Gasteiger partial charge in [0.1, 0.15) is 9.96 Å². The third-order valence-corrected chi connectivity index (χ3v) is 7.65. The lowest BCUT2D eigenvalue weighted by molar-refractivity contribution is -0.274. The molecule has 2 aromatic rings. The van der Waals surface area contributed by atoms with Gasteiger partial charge in [-0.05, 0) is 36.1 Å². The third kappa shape index (κ3) is 6.66. The minimum atomic E-state index is -4.72. The standard InChI is InChI=1S/C19H22F3N3O4S2/c1-14(23-31(27,28)17-3-2-12-30-17)18(26)25-10-8-24(9-11-25)13-15-4-6-16(7-5-15)29-19(20,21)22/h2-7,12,14,23H,8-11,13H2,1H3. The quantitative estimate of drug-likeness (QED) is 0.664. The van der Waals surface area contributed by atoms with Crippen molar-refractivity contribution < 1.29 is 31.1 Å². The predicted octanol–water partition coefficient (Wildman–Crippen LogP) is 2.66. The second-order valence-corrected chi connectivity index (χ2v) is 9.96. The number of alkyl halides is 3. The van der Waals surface area contributed by atoms with Crippen LogP contribution in [0.15, 0.2) is 46.0 Å². The van der Waals surface area contributed by atoms with Gasteiger partial charge in [0.15, 0.2) is 0 Å². The van der Waals surface area contributed by atoms with Crippen molar-refractivity contribution in [3.8, 4) is 5.75 Å². The molecule has 7 nitrogen and oxygen atoms in total. The zero-order valence-electron chi connectivity index (χ0n) is 16.6. The molecule has 0 spiro atoms. The van der Waals surface area contributed by atoms with Gasteiger partial charge in [0.2, 0.25) is 5.91 Å². The van der Waals surface area contributed by atoms with Crippen LogP contribution in [-0.2, 0) is 21.4 Å². The molecule has 1 fully saturated rings. The first kappa shape index (κ1) is 23.5. The summed E-state index contributed by atoms with van der Waals surface area (Å²) in [6.07, 6.45) is -4.72. The number of hydrogen-bond acceptors (Lipinski definition) is 6. The number of nitrogens with one attached hydrogen (secondary N) is 1. The largest absolute Gasteiger partial charge is 0.573 e. The normalized spacial score (nSPS) is 16.8. The fourth-order valence-electron chi connectivity index (χ4n) is 3.21. The van der Waals surface area contributed by atoms with Gasteiger partial charge in [-0.1, -0.05) is 18.2 Å². The number of amides is 1. The van der Waals surface area contributed by atoms with Crippen LogP contribution in [0.1, 0.15) is 12.5 Å². The van der Waals surface area contributed by atoms with Crippen LogP contribution in [0.3, 0.4) is 0 Å². The average molecular weight is 478 g/mol. The molecule has 1 saturated heterocycles. The number of nitrogens with zero attached hydrogens (tertiary/aromatic N) is 2. The van der Waals surface area contributed by atoms with Gasteiger partial charge in [-0.2, -0.15) is 4.72 Å². The molecule has 1 aliphatic rings. The van der Waals surface area contributed by atoms with E-state index in [9.17, 15) is 26.4 Å². The van der Waals surface area contributed by atoms with Crippen molar-refractivity contribution in [2.24, 2.45) is 0 Å². The van der Waals surface area contributed by atoms with Crippen LogP contribution in [0.2, 0.25) is 0 Å². The van der Waals surface area contributed by atoms with Crippen LogP contribution in [0.5, 0.6) is 5.75 Å². The van der Waals surface area contributed by atoms with E-state index in [1.807, 2.05) is 0 Å². The van der Waals surface area contributed by atoms with E-state index in [0.29, 0.717) is 32.7 Å². The lowest BCUT2D eigenvalue weighted by atomic mass is 10.2. The second-order valence-electron chi connectivity index (χ2n) is 7.07. The fraction of sp³-hybridized carbons (Fsp3) is 0.421. The van der Waals surface area contributed by atoms with Crippen LogP contribution in [0.25, 0.3) is 0 Å². The molecule has 0 radical (unpaired) electrons. The number of piperazine rings is 1. The van der Waals surface area contributed by atoms with Crippen LogP contribution in [0.4, 0.5) is 13.2 Å². The molecule has 1 unspecified atom stereocenters. The molecule has 1 aromatic carbocycles. The summed E-state index contributed by atoms with van der Waals surface area (Å²) < 4.78 is 67.7. The molecule has 12 heteroatoms. The summed E-state index contributed by atoms with van der Waals surface area (Å²) in [4.78, 5) is 16.3. The number of hydrogen-bond donors (Lipinski definition) is 1. The van der Waals surface area contributed by atoms with E-state index in [1.54, 1.807) is 28.5 Å². The number of sulfonamides is 1. The minimum Gasteiger partial charge on any atom is -0.406 e. The Bertz CT molecular complexity index is 972. The molecule has 0 aliphatic carbocycles. The number of thiophene rings is 1. The summed E-state index contributed by atoms with van der Waals surface area (Å²) in [6, 6.07) is 7.89. The highest BCUT2D eigenvalue weighted by Gasteiger charge is 2.31. The molecule has 0 bridgehead atoms. The van der Waals surface area contributed by atoms with Crippen molar-refractivity contribution >= 4 is 27.3 Å². The highest BCUT2D eigenvalue weighted by atomic mass is 32.2. The van der Waals surface area contributed by atoms with Crippen LogP contribution < -0.4 is 9.46 Å². The van der Waals surface area contributed by atoms with Gasteiger partial charge in [-0.3, -0.25) is 9.69 Å². The number of halogens is 3. The molecule has 3 rings (SSSR count). The molecule has 170 valence electrons. The molecule has 1 atom stereocenters. The number of benzene rings is 1. The van der Waals surface area contributed by atoms with E-state index in [0.717, 1.165) is 16.9 Å². The Morgan fingerprint density at radius 1 is 1.16 bits per heavy atom. The van der Waals surface area contributed by atoms with Gasteiger partial charge in [-0.15, -0.1) is 24.5 Å². The molecule has 31 heavy (non-hydrogen) atoms. The van der Waals surface area contributed by atoms with Crippen molar-refractivity contribution in [2.45, 2.75) is 30.1 Å². The highest BCUT2D eigenvalue weighted by Crippen LogP contribution is 2.23. The monoisotopic (exact) mass is 477 g/mol. The van der Waals surface area contributed by atoms with Crippen molar-refractivity contribution in [1.29, 1.82) is 0 Å². The lowest BCUT2D eigenvalue weighted by Gasteiger charge is -2.36. The maximum atomic E-state index is 12.6. The maximum absolute atomic E-state index is 12.6. The van der Waals surface area contributed by atoms with Gasteiger partial charge >= 0.3 is 6.36 Å². The van der Waals surface area contributed by atoms with Gasteiger partial charge in [0, 0.05) is 32.7 Å². The van der Waals surface area contributed by atoms with Gasteiger partial charge < -0.3 is 9.64 Å². The van der Waals surface area contributed by atoms with Crippen molar-refractivity contribution in [1.82, 2.24) is 14.5 Å². The first-order valence-corrected chi connectivity index (χ1v) is 11.8. The van der Waals surface area contributed by atoms with E-state index in [2.05, 4.69) is 14.4 Å². The molecular weight excluding hydrogens is 455 g/mol. The van der Waals surface area contributed by atoms with Crippen LogP contribution >= 0.6 is 11.3 Å². The first-order chi connectivity index (χ1) is 14.5. The second kappa shape index (κ2) is 9.55. The number of carbonyl (C=O) groups is 1. The fourth-order valence-corrected chi connectivity index (χ4v) is 5.42. The smallest absolute Gasteiger partial charge is 0.406 e. The van der Waals surface area contributed by atoms with E-state index >= 15 is 0 Å². The molecule has 1 amide bonds. The summed E-state index contributed by atoms with van der Waals surface area (Å²) in [5.74, 6) is -0.570. The zero-order chi connectivity index (χ0) is 22.6. The molecular formula is C19H22F3N3O4S2. The van der Waals surface area contributed by atoms with E-state index in [-0.39, 0.29) is 15.9 Å². The summed E-state index contributed by atoms with van der Waals surface area (Å²) in [5, 5.41) is 1.65. The topological polar surface area (TPSA) is 79.0 Å². The Balaban J connectivity index is 1.48. The van der Waals surface area contributed by atoms with E-state index in [1.165, 1.54) is 25.1 Å². The molecule has 1 N–H and O–H groups in total.